The van der Waals surface area contributed by atoms with Gasteiger partial charge in [0.2, 0.25) is 0 Å². The zero-order chi connectivity index (χ0) is 10.7. The van der Waals surface area contributed by atoms with Gasteiger partial charge < -0.3 is 10.8 Å². The maximum Gasteiger partial charge on any atom is 0.325 e. The fraction of sp³-hybridized carbons (Fsp3) is 0.286. The van der Waals surface area contributed by atoms with Crippen LogP contribution in [0.1, 0.15) is 5.56 Å². The minimum atomic E-state index is -1.05. The van der Waals surface area contributed by atoms with Crippen LogP contribution in [0.15, 0.2) is 5.03 Å². The van der Waals surface area contributed by atoms with Crippen molar-refractivity contribution in [2.75, 3.05) is 12.0 Å². The molecule has 0 amide bonds. The summed E-state index contributed by atoms with van der Waals surface area (Å²) in [5, 5.41) is 21.6. The molecule has 1 heterocycles. The first kappa shape index (κ1) is 10.4. The molecule has 14 heavy (non-hydrogen) atoms. The van der Waals surface area contributed by atoms with Crippen LogP contribution in [-0.2, 0) is 11.3 Å². The number of aliphatic carboxylic acids is 1. The van der Waals surface area contributed by atoms with Crippen LogP contribution in [0.4, 0.5) is 5.82 Å². The van der Waals surface area contributed by atoms with Gasteiger partial charge in [0.05, 0.1) is 0 Å². The molecule has 0 unspecified atom stereocenters. The van der Waals surface area contributed by atoms with E-state index in [9.17, 15) is 4.79 Å². The average molecular weight is 212 g/mol. The SMILES string of the molecule is CSc1nn(CC(=O)O)c(N)c1C#N. The topological polar surface area (TPSA) is 105 Å². The molecule has 74 valence electrons. The Balaban J connectivity index is 3.15. The number of nitrogen functional groups attached to an aromatic ring is 1. The molecule has 1 aromatic rings. The highest BCUT2D eigenvalue weighted by Crippen LogP contribution is 2.23. The lowest BCUT2D eigenvalue weighted by Crippen LogP contribution is -2.12. The predicted molar refractivity (Wildman–Crippen MR) is 50.8 cm³/mol. The number of aromatic nitrogens is 2. The Hall–Kier alpha value is -1.68. The highest BCUT2D eigenvalue weighted by atomic mass is 32.2. The third-order valence-electron chi connectivity index (χ3n) is 1.55. The summed E-state index contributed by atoms with van der Waals surface area (Å²) in [4.78, 5) is 10.4. The lowest BCUT2D eigenvalue weighted by Gasteiger charge is -1.97. The van der Waals surface area contributed by atoms with Gasteiger partial charge in [0.15, 0.2) is 0 Å². The number of thioether (sulfide) groups is 1. The number of hydrogen-bond acceptors (Lipinski definition) is 5. The molecule has 0 saturated heterocycles. The summed E-state index contributed by atoms with van der Waals surface area (Å²) >= 11 is 1.25. The first-order chi connectivity index (χ1) is 6.60. The molecule has 6 nitrogen and oxygen atoms in total. The minimum absolute atomic E-state index is 0.0965. The molecule has 0 aliphatic rings. The van der Waals surface area contributed by atoms with E-state index in [2.05, 4.69) is 5.10 Å². The van der Waals surface area contributed by atoms with Crippen LogP contribution in [0.2, 0.25) is 0 Å². The van der Waals surface area contributed by atoms with Crippen LogP contribution in [0.25, 0.3) is 0 Å². The van der Waals surface area contributed by atoms with E-state index in [0.717, 1.165) is 4.68 Å². The molecule has 1 rings (SSSR count). The van der Waals surface area contributed by atoms with E-state index in [1.165, 1.54) is 11.8 Å². The van der Waals surface area contributed by atoms with Crippen LogP contribution < -0.4 is 5.73 Å². The molecule has 0 aliphatic heterocycles. The normalized spacial score (nSPS) is 9.71. The van der Waals surface area contributed by atoms with Crippen molar-refractivity contribution in [3.63, 3.8) is 0 Å². The molecule has 1 aromatic heterocycles. The van der Waals surface area contributed by atoms with Crippen LogP contribution in [0, 0.1) is 11.3 Å². The molecule has 0 fully saturated rings. The quantitative estimate of drug-likeness (QED) is 0.690. The van der Waals surface area contributed by atoms with Crippen molar-refractivity contribution >= 4 is 23.5 Å². The van der Waals surface area contributed by atoms with Gasteiger partial charge in [-0.05, 0) is 6.26 Å². The number of carboxylic acids is 1. The summed E-state index contributed by atoms with van der Waals surface area (Å²) in [7, 11) is 0. The van der Waals surface area contributed by atoms with Crippen molar-refractivity contribution < 1.29 is 9.90 Å². The Morgan fingerprint density at radius 3 is 2.86 bits per heavy atom. The summed E-state index contributed by atoms with van der Waals surface area (Å²) < 4.78 is 1.10. The number of carbonyl (C=O) groups is 1. The molecule has 7 heteroatoms. The van der Waals surface area contributed by atoms with Gasteiger partial charge in [-0.2, -0.15) is 10.4 Å². The summed E-state index contributed by atoms with van der Waals surface area (Å²) in [6, 6.07) is 1.89. The second-order valence-electron chi connectivity index (χ2n) is 2.43. The monoisotopic (exact) mass is 212 g/mol. The Kier molecular flexibility index (Phi) is 2.99. The molecular formula is C7H8N4O2S. The first-order valence-electron chi connectivity index (χ1n) is 3.62. The highest BCUT2D eigenvalue weighted by Gasteiger charge is 2.15. The second-order valence-corrected chi connectivity index (χ2v) is 3.23. The second kappa shape index (κ2) is 4.02. The van der Waals surface area contributed by atoms with Crippen molar-refractivity contribution in [1.82, 2.24) is 9.78 Å². The maximum absolute atomic E-state index is 10.4. The number of nitrogens with zero attached hydrogens (tertiary/aromatic N) is 3. The molecule has 0 radical (unpaired) electrons. The fourth-order valence-electron chi connectivity index (χ4n) is 0.949. The van der Waals surface area contributed by atoms with Crippen LogP contribution >= 0.6 is 11.8 Å². The first-order valence-corrected chi connectivity index (χ1v) is 4.84. The Morgan fingerprint density at radius 1 is 1.86 bits per heavy atom. The van der Waals surface area contributed by atoms with Crippen LogP contribution in [0.3, 0.4) is 0 Å². The van der Waals surface area contributed by atoms with E-state index in [1.807, 2.05) is 6.07 Å². The number of nitriles is 1. The summed E-state index contributed by atoms with van der Waals surface area (Å²) in [6.07, 6.45) is 1.74. The van der Waals surface area contributed by atoms with E-state index in [1.54, 1.807) is 6.26 Å². The Bertz CT molecular complexity index is 407. The number of carboxylic acid groups (broad SMARTS) is 1. The van der Waals surface area contributed by atoms with Gasteiger partial charge in [-0.15, -0.1) is 11.8 Å². The van der Waals surface area contributed by atoms with Gasteiger partial charge >= 0.3 is 5.97 Å². The molecule has 0 aliphatic carbocycles. The fourth-order valence-corrected chi connectivity index (χ4v) is 1.48. The van der Waals surface area contributed by atoms with Crippen molar-refractivity contribution in [2.24, 2.45) is 0 Å². The zero-order valence-corrected chi connectivity index (χ0v) is 8.21. The molecule has 3 N–H and O–H groups in total. The molecule has 0 bridgehead atoms. The van der Waals surface area contributed by atoms with Crippen LogP contribution in [0.5, 0.6) is 0 Å². The summed E-state index contributed by atoms with van der Waals surface area (Å²) in [5.74, 6) is -0.949. The molecule has 0 atom stereocenters. The Morgan fingerprint density at radius 2 is 2.50 bits per heavy atom. The lowest BCUT2D eigenvalue weighted by atomic mass is 10.4. The zero-order valence-electron chi connectivity index (χ0n) is 7.39. The van der Waals surface area contributed by atoms with Crippen molar-refractivity contribution in [1.29, 1.82) is 5.26 Å². The molecule has 0 spiro atoms. The van der Waals surface area contributed by atoms with Gasteiger partial charge in [-0.25, -0.2) is 4.68 Å². The number of rotatable bonds is 3. The van der Waals surface area contributed by atoms with Crippen LogP contribution in [-0.4, -0.2) is 27.1 Å². The van der Waals surface area contributed by atoms with E-state index in [0.29, 0.717) is 5.03 Å². The van der Waals surface area contributed by atoms with E-state index < -0.39 is 5.97 Å². The third kappa shape index (κ3) is 1.80. The largest absolute Gasteiger partial charge is 0.480 e. The van der Waals surface area contributed by atoms with Gasteiger partial charge in [-0.3, -0.25) is 4.79 Å². The third-order valence-corrected chi connectivity index (χ3v) is 2.22. The maximum atomic E-state index is 10.4. The lowest BCUT2D eigenvalue weighted by molar-refractivity contribution is -0.137. The number of anilines is 1. The van der Waals surface area contributed by atoms with Gasteiger partial charge in [0, 0.05) is 0 Å². The molecule has 0 aromatic carbocycles. The number of hydrogen-bond donors (Lipinski definition) is 2. The van der Waals surface area contributed by atoms with E-state index in [-0.39, 0.29) is 17.9 Å². The van der Waals surface area contributed by atoms with Gasteiger partial charge in [0.1, 0.15) is 29.0 Å². The van der Waals surface area contributed by atoms with Gasteiger partial charge in [-0.1, -0.05) is 0 Å². The standard InChI is InChI=1S/C7H8N4O2S/c1-14-7-4(2-8)6(9)11(10-7)3-5(12)13/h3,9H2,1H3,(H,12,13). The van der Waals surface area contributed by atoms with Crippen molar-refractivity contribution in [2.45, 2.75) is 11.6 Å². The van der Waals surface area contributed by atoms with Crippen molar-refractivity contribution in [3.05, 3.63) is 5.56 Å². The van der Waals surface area contributed by atoms with E-state index in [4.69, 9.17) is 16.1 Å². The number of nitrogens with two attached hydrogens (primary N) is 1. The predicted octanol–water partition coefficient (Wildman–Crippen LogP) is 0.143. The average Bonchev–Trinajstić information content (AvgIpc) is 2.42. The molecular weight excluding hydrogens is 204 g/mol. The minimum Gasteiger partial charge on any atom is -0.480 e. The Labute approximate surface area is 84.3 Å². The summed E-state index contributed by atoms with van der Waals surface area (Å²) in [6.45, 7) is -0.332. The van der Waals surface area contributed by atoms with E-state index >= 15 is 0 Å². The van der Waals surface area contributed by atoms with Crippen molar-refractivity contribution in [3.8, 4) is 6.07 Å². The smallest absolute Gasteiger partial charge is 0.325 e. The molecule has 0 saturated carbocycles. The summed E-state index contributed by atoms with van der Waals surface area (Å²) in [5.41, 5.74) is 5.77. The highest BCUT2D eigenvalue weighted by molar-refractivity contribution is 7.98. The van der Waals surface area contributed by atoms with Gasteiger partial charge in [0.25, 0.3) is 0 Å².